The Labute approximate surface area is 106 Å². The van der Waals surface area contributed by atoms with Crippen molar-refractivity contribution in [1.82, 2.24) is 9.80 Å². The molecule has 6 nitrogen and oxygen atoms in total. The Hall–Kier alpha value is -1.59. The van der Waals surface area contributed by atoms with Gasteiger partial charge in [-0.25, -0.2) is 0 Å². The molecule has 2 amide bonds. The van der Waals surface area contributed by atoms with E-state index in [1.165, 1.54) is 4.90 Å². The molecule has 0 aromatic heterocycles. The summed E-state index contributed by atoms with van der Waals surface area (Å²) >= 11 is 0. The van der Waals surface area contributed by atoms with Gasteiger partial charge in [-0.3, -0.25) is 14.4 Å². The fourth-order valence-corrected chi connectivity index (χ4v) is 2.85. The van der Waals surface area contributed by atoms with Crippen LogP contribution >= 0.6 is 0 Å². The highest BCUT2D eigenvalue weighted by Crippen LogP contribution is 2.39. The SMILES string of the molecule is CC(C)C(=O)N1CCCC12CN(CC(=O)O)C2=O. The van der Waals surface area contributed by atoms with Gasteiger partial charge in [-0.05, 0) is 12.8 Å². The molecule has 1 unspecified atom stereocenters. The van der Waals surface area contributed by atoms with E-state index in [-0.39, 0.29) is 24.3 Å². The van der Waals surface area contributed by atoms with E-state index in [9.17, 15) is 14.4 Å². The smallest absolute Gasteiger partial charge is 0.323 e. The first-order valence-corrected chi connectivity index (χ1v) is 6.21. The van der Waals surface area contributed by atoms with Gasteiger partial charge in [0, 0.05) is 12.5 Å². The lowest BCUT2D eigenvalue weighted by Gasteiger charge is -2.50. The first kappa shape index (κ1) is 12.9. The van der Waals surface area contributed by atoms with Crippen LogP contribution in [0.4, 0.5) is 0 Å². The number of hydrogen-bond donors (Lipinski definition) is 1. The molecule has 1 atom stereocenters. The lowest BCUT2D eigenvalue weighted by molar-refractivity contribution is -0.171. The molecule has 2 aliphatic heterocycles. The largest absolute Gasteiger partial charge is 0.480 e. The van der Waals surface area contributed by atoms with Crippen LogP contribution in [0.3, 0.4) is 0 Å². The number of carboxylic acids is 1. The second-order valence-electron chi connectivity index (χ2n) is 5.33. The molecule has 2 saturated heterocycles. The van der Waals surface area contributed by atoms with Gasteiger partial charge < -0.3 is 14.9 Å². The van der Waals surface area contributed by atoms with E-state index in [1.807, 2.05) is 13.8 Å². The molecule has 0 saturated carbocycles. The van der Waals surface area contributed by atoms with Crippen molar-refractivity contribution in [3.63, 3.8) is 0 Å². The first-order valence-electron chi connectivity index (χ1n) is 6.21. The topological polar surface area (TPSA) is 77.9 Å². The number of amides is 2. The molecule has 0 bridgehead atoms. The van der Waals surface area contributed by atoms with Gasteiger partial charge in [0.1, 0.15) is 12.1 Å². The average molecular weight is 254 g/mol. The third-order valence-electron chi connectivity index (χ3n) is 3.71. The zero-order chi connectivity index (χ0) is 13.5. The normalized spacial score (nSPS) is 26.9. The number of aliphatic carboxylic acids is 1. The van der Waals surface area contributed by atoms with Crippen LogP contribution in [0.25, 0.3) is 0 Å². The monoisotopic (exact) mass is 254 g/mol. The zero-order valence-electron chi connectivity index (χ0n) is 10.7. The van der Waals surface area contributed by atoms with Gasteiger partial charge in [-0.1, -0.05) is 13.8 Å². The highest BCUT2D eigenvalue weighted by Gasteiger charge is 2.59. The van der Waals surface area contributed by atoms with E-state index < -0.39 is 11.5 Å². The number of nitrogens with zero attached hydrogens (tertiary/aromatic N) is 2. The Kier molecular flexibility index (Phi) is 3.04. The summed E-state index contributed by atoms with van der Waals surface area (Å²) < 4.78 is 0. The Balaban J connectivity index is 2.11. The fraction of sp³-hybridized carbons (Fsp3) is 0.750. The Morgan fingerprint density at radius 3 is 2.61 bits per heavy atom. The maximum absolute atomic E-state index is 12.1. The lowest BCUT2D eigenvalue weighted by atomic mass is 9.85. The fourth-order valence-electron chi connectivity index (χ4n) is 2.85. The summed E-state index contributed by atoms with van der Waals surface area (Å²) in [6.45, 7) is 4.31. The zero-order valence-corrected chi connectivity index (χ0v) is 10.7. The van der Waals surface area contributed by atoms with Crippen LogP contribution in [0.15, 0.2) is 0 Å². The summed E-state index contributed by atoms with van der Waals surface area (Å²) in [6, 6.07) is 0. The molecule has 2 rings (SSSR count). The number of likely N-dealkylation sites (tertiary alicyclic amines) is 2. The Morgan fingerprint density at radius 1 is 1.44 bits per heavy atom. The molecule has 100 valence electrons. The molecule has 1 N–H and O–H groups in total. The Morgan fingerprint density at radius 2 is 2.11 bits per heavy atom. The lowest BCUT2D eigenvalue weighted by Crippen LogP contribution is -2.73. The van der Waals surface area contributed by atoms with E-state index in [0.717, 1.165) is 6.42 Å². The quantitative estimate of drug-likeness (QED) is 0.715. The molecule has 1 spiro atoms. The minimum atomic E-state index is -1.02. The van der Waals surface area contributed by atoms with E-state index in [1.54, 1.807) is 4.90 Å². The molecule has 0 aliphatic carbocycles. The van der Waals surface area contributed by atoms with Gasteiger partial charge >= 0.3 is 5.97 Å². The van der Waals surface area contributed by atoms with Crippen LogP contribution in [0, 0.1) is 5.92 Å². The van der Waals surface area contributed by atoms with Crippen LogP contribution in [0.2, 0.25) is 0 Å². The minimum Gasteiger partial charge on any atom is -0.480 e. The minimum absolute atomic E-state index is 0.0178. The third kappa shape index (κ3) is 1.76. The van der Waals surface area contributed by atoms with Gasteiger partial charge in [-0.15, -0.1) is 0 Å². The maximum Gasteiger partial charge on any atom is 0.323 e. The van der Waals surface area contributed by atoms with Crippen molar-refractivity contribution in [3.8, 4) is 0 Å². The summed E-state index contributed by atoms with van der Waals surface area (Å²) in [5, 5.41) is 8.69. The second-order valence-corrected chi connectivity index (χ2v) is 5.33. The van der Waals surface area contributed by atoms with Gasteiger partial charge in [0.2, 0.25) is 5.91 Å². The van der Waals surface area contributed by atoms with Crippen molar-refractivity contribution in [2.45, 2.75) is 32.2 Å². The van der Waals surface area contributed by atoms with E-state index in [4.69, 9.17) is 5.11 Å². The van der Waals surface area contributed by atoms with Crippen molar-refractivity contribution >= 4 is 17.8 Å². The molecule has 2 fully saturated rings. The molecule has 2 heterocycles. The summed E-state index contributed by atoms with van der Waals surface area (Å²) in [5.74, 6) is -1.38. The average Bonchev–Trinajstić information content (AvgIpc) is 2.73. The van der Waals surface area contributed by atoms with E-state index >= 15 is 0 Å². The van der Waals surface area contributed by atoms with Crippen molar-refractivity contribution < 1.29 is 19.5 Å². The summed E-state index contributed by atoms with van der Waals surface area (Å²) in [4.78, 5) is 37.7. The summed E-state index contributed by atoms with van der Waals surface area (Å²) in [6.07, 6.45) is 1.46. The van der Waals surface area contributed by atoms with Crippen molar-refractivity contribution in [1.29, 1.82) is 0 Å². The van der Waals surface area contributed by atoms with Gasteiger partial charge in [0.25, 0.3) is 5.91 Å². The standard InChI is InChI=1S/C12H18N2O4/c1-8(2)10(17)14-5-3-4-12(14)7-13(11(12)18)6-9(15)16/h8H,3-7H2,1-2H3,(H,15,16). The number of carbonyl (C=O) groups is 3. The molecule has 0 aromatic rings. The van der Waals surface area contributed by atoms with E-state index in [2.05, 4.69) is 0 Å². The predicted molar refractivity (Wildman–Crippen MR) is 62.7 cm³/mol. The van der Waals surface area contributed by atoms with Crippen LogP contribution < -0.4 is 0 Å². The summed E-state index contributed by atoms with van der Waals surface area (Å²) in [7, 11) is 0. The van der Waals surface area contributed by atoms with Crippen molar-refractivity contribution in [2.75, 3.05) is 19.6 Å². The van der Waals surface area contributed by atoms with Crippen LogP contribution in [-0.4, -0.2) is 57.9 Å². The molecule has 18 heavy (non-hydrogen) atoms. The van der Waals surface area contributed by atoms with Gasteiger partial charge in [-0.2, -0.15) is 0 Å². The van der Waals surface area contributed by atoms with Crippen molar-refractivity contribution in [3.05, 3.63) is 0 Å². The number of rotatable bonds is 3. The molecular weight excluding hydrogens is 236 g/mol. The first-order chi connectivity index (χ1) is 8.38. The van der Waals surface area contributed by atoms with Crippen LogP contribution in [-0.2, 0) is 14.4 Å². The molecular formula is C12H18N2O4. The third-order valence-corrected chi connectivity index (χ3v) is 3.71. The highest BCUT2D eigenvalue weighted by molar-refractivity contribution is 5.99. The predicted octanol–water partition coefficient (Wildman–Crippen LogP) is -0.0696. The second kappa shape index (κ2) is 4.26. The number of carboxylic acid groups (broad SMARTS) is 1. The number of hydrogen-bond acceptors (Lipinski definition) is 3. The molecule has 2 aliphatic rings. The molecule has 6 heteroatoms. The summed E-state index contributed by atoms with van der Waals surface area (Å²) in [5.41, 5.74) is -0.739. The van der Waals surface area contributed by atoms with Gasteiger partial charge in [0.05, 0.1) is 6.54 Å². The van der Waals surface area contributed by atoms with Crippen LogP contribution in [0.1, 0.15) is 26.7 Å². The van der Waals surface area contributed by atoms with Crippen molar-refractivity contribution in [2.24, 2.45) is 5.92 Å². The molecule has 0 radical (unpaired) electrons. The highest BCUT2D eigenvalue weighted by atomic mass is 16.4. The number of carbonyl (C=O) groups excluding carboxylic acids is 2. The van der Waals surface area contributed by atoms with Gasteiger partial charge in [0.15, 0.2) is 0 Å². The Bertz CT molecular complexity index is 407. The van der Waals surface area contributed by atoms with Crippen LogP contribution in [0.5, 0.6) is 0 Å². The maximum atomic E-state index is 12.1. The van der Waals surface area contributed by atoms with E-state index in [0.29, 0.717) is 19.5 Å². The molecule has 0 aromatic carbocycles. The number of β-lactam (4-membered cyclic amide) rings is 1.